The molecule has 1 aliphatic rings. The first-order valence-electron chi connectivity index (χ1n) is 5.49. The predicted octanol–water partition coefficient (Wildman–Crippen LogP) is 2.69. The largest absolute Gasteiger partial charge is 0.327 e. The van der Waals surface area contributed by atoms with E-state index in [0.717, 1.165) is 18.8 Å². The van der Waals surface area contributed by atoms with Gasteiger partial charge >= 0.3 is 0 Å². The van der Waals surface area contributed by atoms with E-state index in [9.17, 15) is 0 Å². The summed E-state index contributed by atoms with van der Waals surface area (Å²) in [7, 11) is 0. The average Bonchev–Trinajstić information content (AvgIpc) is 2.89. The molecule has 1 aromatic heterocycles. The van der Waals surface area contributed by atoms with Gasteiger partial charge in [-0.2, -0.15) is 0 Å². The van der Waals surface area contributed by atoms with Crippen molar-refractivity contribution < 1.29 is 0 Å². The Kier molecular flexibility index (Phi) is 3.19. The third-order valence-corrected chi connectivity index (χ3v) is 3.68. The summed E-state index contributed by atoms with van der Waals surface area (Å²) < 4.78 is 0. The average molecular weight is 210 g/mol. The molecule has 2 nitrogen and oxygen atoms in total. The molecule has 78 valence electrons. The molecule has 0 aromatic carbocycles. The molecule has 2 rings (SSSR count). The van der Waals surface area contributed by atoms with Crippen molar-refractivity contribution in [3.63, 3.8) is 0 Å². The molecule has 1 atom stereocenters. The standard InChI is InChI=1S/C11H18N2S/c1-2-3-9(12)6-10-7-14-11(13-10)8-4-5-8/h7-9H,2-6,12H2,1H3. The van der Waals surface area contributed by atoms with Crippen LogP contribution < -0.4 is 5.73 Å². The molecule has 0 aliphatic heterocycles. The first-order valence-corrected chi connectivity index (χ1v) is 6.37. The minimum atomic E-state index is 0.300. The van der Waals surface area contributed by atoms with E-state index in [1.54, 1.807) is 0 Å². The third-order valence-electron chi connectivity index (χ3n) is 2.63. The van der Waals surface area contributed by atoms with Crippen LogP contribution in [0.2, 0.25) is 0 Å². The van der Waals surface area contributed by atoms with Gasteiger partial charge in [0.1, 0.15) is 0 Å². The van der Waals surface area contributed by atoms with E-state index in [-0.39, 0.29) is 0 Å². The molecule has 1 fully saturated rings. The second-order valence-corrected chi connectivity index (χ2v) is 5.09. The van der Waals surface area contributed by atoms with Gasteiger partial charge in [-0.25, -0.2) is 4.98 Å². The van der Waals surface area contributed by atoms with E-state index in [2.05, 4.69) is 17.3 Å². The van der Waals surface area contributed by atoms with Crippen LogP contribution in [-0.2, 0) is 6.42 Å². The minimum absolute atomic E-state index is 0.300. The Bertz CT molecular complexity index is 291. The second-order valence-electron chi connectivity index (χ2n) is 4.20. The van der Waals surface area contributed by atoms with Crippen molar-refractivity contribution in [3.8, 4) is 0 Å². The zero-order valence-corrected chi connectivity index (χ0v) is 9.52. The van der Waals surface area contributed by atoms with Crippen molar-refractivity contribution in [1.82, 2.24) is 4.98 Å². The summed E-state index contributed by atoms with van der Waals surface area (Å²) in [6, 6.07) is 0.300. The number of hydrogen-bond donors (Lipinski definition) is 1. The molecular weight excluding hydrogens is 192 g/mol. The van der Waals surface area contributed by atoms with Gasteiger partial charge in [-0.3, -0.25) is 0 Å². The second kappa shape index (κ2) is 4.41. The Balaban J connectivity index is 1.88. The zero-order valence-electron chi connectivity index (χ0n) is 8.70. The lowest BCUT2D eigenvalue weighted by atomic mass is 10.1. The molecule has 3 heteroatoms. The van der Waals surface area contributed by atoms with Gasteiger partial charge in [-0.15, -0.1) is 11.3 Å². The highest BCUT2D eigenvalue weighted by atomic mass is 32.1. The van der Waals surface area contributed by atoms with Gasteiger partial charge in [0.2, 0.25) is 0 Å². The Morgan fingerprint density at radius 2 is 2.43 bits per heavy atom. The highest BCUT2D eigenvalue weighted by Gasteiger charge is 2.26. The van der Waals surface area contributed by atoms with Crippen molar-refractivity contribution in [3.05, 3.63) is 16.1 Å². The van der Waals surface area contributed by atoms with E-state index in [4.69, 9.17) is 5.73 Å². The van der Waals surface area contributed by atoms with Crippen LogP contribution in [0.1, 0.15) is 49.2 Å². The number of nitrogens with zero attached hydrogens (tertiary/aromatic N) is 1. The maximum Gasteiger partial charge on any atom is 0.0959 e. The molecule has 1 saturated carbocycles. The first kappa shape index (κ1) is 10.1. The minimum Gasteiger partial charge on any atom is -0.327 e. The summed E-state index contributed by atoms with van der Waals surface area (Å²) in [6.45, 7) is 2.18. The van der Waals surface area contributed by atoms with Crippen LogP contribution in [0, 0.1) is 0 Å². The fraction of sp³-hybridized carbons (Fsp3) is 0.727. The van der Waals surface area contributed by atoms with Crippen molar-refractivity contribution in [2.45, 2.75) is 51.0 Å². The number of nitrogens with two attached hydrogens (primary N) is 1. The normalized spacial score (nSPS) is 18.4. The summed E-state index contributed by atoms with van der Waals surface area (Å²) in [5.74, 6) is 0.788. The van der Waals surface area contributed by atoms with Crippen LogP contribution in [0.4, 0.5) is 0 Å². The maximum absolute atomic E-state index is 5.98. The van der Waals surface area contributed by atoms with E-state index in [0.29, 0.717) is 6.04 Å². The number of hydrogen-bond acceptors (Lipinski definition) is 3. The Morgan fingerprint density at radius 1 is 1.64 bits per heavy atom. The van der Waals surface area contributed by atoms with Crippen LogP contribution in [0.3, 0.4) is 0 Å². The summed E-state index contributed by atoms with van der Waals surface area (Å²) in [5.41, 5.74) is 7.19. The lowest BCUT2D eigenvalue weighted by molar-refractivity contribution is 0.594. The van der Waals surface area contributed by atoms with Gasteiger partial charge < -0.3 is 5.73 Å². The summed E-state index contributed by atoms with van der Waals surface area (Å²) in [6.07, 6.45) is 5.91. The number of thiazole rings is 1. The molecular formula is C11H18N2S. The van der Waals surface area contributed by atoms with Gasteiger partial charge in [0.25, 0.3) is 0 Å². The molecule has 1 heterocycles. The van der Waals surface area contributed by atoms with E-state index in [1.807, 2.05) is 11.3 Å². The molecule has 0 saturated heterocycles. The van der Waals surface area contributed by atoms with E-state index in [1.165, 1.54) is 30.0 Å². The van der Waals surface area contributed by atoms with Crippen LogP contribution in [0.15, 0.2) is 5.38 Å². The molecule has 0 amide bonds. The van der Waals surface area contributed by atoms with Crippen LogP contribution in [-0.4, -0.2) is 11.0 Å². The molecule has 14 heavy (non-hydrogen) atoms. The topological polar surface area (TPSA) is 38.9 Å². The van der Waals surface area contributed by atoms with E-state index >= 15 is 0 Å². The van der Waals surface area contributed by atoms with Crippen LogP contribution in [0.25, 0.3) is 0 Å². The summed E-state index contributed by atoms with van der Waals surface area (Å²) in [5, 5.41) is 3.52. The highest BCUT2D eigenvalue weighted by molar-refractivity contribution is 7.09. The lowest BCUT2D eigenvalue weighted by Crippen LogP contribution is -2.22. The van der Waals surface area contributed by atoms with Crippen LogP contribution >= 0.6 is 11.3 Å². The molecule has 2 N–H and O–H groups in total. The number of rotatable bonds is 5. The molecule has 1 aliphatic carbocycles. The Morgan fingerprint density at radius 3 is 3.07 bits per heavy atom. The monoisotopic (exact) mass is 210 g/mol. The van der Waals surface area contributed by atoms with Crippen LogP contribution in [0.5, 0.6) is 0 Å². The molecule has 0 bridgehead atoms. The van der Waals surface area contributed by atoms with Gasteiger partial charge in [-0.05, 0) is 19.3 Å². The van der Waals surface area contributed by atoms with Crippen molar-refractivity contribution in [2.24, 2.45) is 5.73 Å². The predicted molar refractivity (Wildman–Crippen MR) is 60.7 cm³/mol. The number of aromatic nitrogens is 1. The van der Waals surface area contributed by atoms with Gasteiger partial charge in [0, 0.05) is 23.8 Å². The molecule has 0 radical (unpaired) electrons. The third kappa shape index (κ3) is 2.55. The zero-order chi connectivity index (χ0) is 9.97. The highest BCUT2D eigenvalue weighted by Crippen LogP contribution is 2.41. The van der Waals surface area contributed by atoms with Gasteiger partial charge in [-0.1, -0.05) is 13.3 Å². The van der Waals surface area contributed by atoms with Crippen molar-refractivity contribution >= 4 is 11.3 Å². The van der Waals surface area contributed by atoms with E-state index < -0.39 is 0 Å². The maximum atomic E-state index is 5.98. The summed E-state index contributed by atoms with van der Waals surface area (Å²) in [4.78, 5) is 4.63. The fourth-order valence-electron chi connectivity index (χ4n) is 1.68. The molecule has 1 unspecified atom stereocenters. The molecule has 0 spiro atoms. The fourth-order valence-corrected chi connectivity index (χ4v) is 2.68. The molecule has 1 aromatic rings. The Labute approximate surface area is 89.5 Å². The Hall–Kier alpha value is -0.410. The SMILES string of the molecule is CCCC(N)Cc1csc(C2CC2)n1. The quantitative estimate of drug-likeness (QED) is 0.811. The van der Waals surface area contributed by atoms with Gasteiger partial charge in [0.05, 0.1) is 10.7 Å². The lowest BCUT2D eigenvalue weighted by Gasteiger charge is -2.06. The van der Waals surface area contributed by atoms with Gasteiger partial charge in [0.15, 0.2) is 0 Å². The van der Waals surface area contributed by atoms with Crippen molar-refractivity contribution in [2.75, 3.05) is 0 Å². The summed E-state index contributed by atoms with van der Waals surface area (Å²) >= 11 is 1.81. The first-order chi connectivity index (χ1) is 6.79. The van der Waals surface area contributed by atoms with Crippen molar-refractivity contribution in [1.29, 1.82) is 0 Å². The smallest absolute Gasteiger partial charge is 0.0959 e.